The molecule has 0 bridgehead atoms. The molecule has 0 aromatic heterocycles. The second kappa shape index (κ2) is 6.76. The maximum absolute atomic E-state index is 12.5. The van der Waals surface area contributed by atoms with Crippen LogP contribution in [0.5, 0.6) is 5.75 Å². The Balaban J connectivity index is 0.00000147. The van der Waals surface area contributed by atoms with Crippen molar-refractivity contribution < 1.29 is 9.53 Å². The summed E-state index contributed by atoms with van der Waals surface area (Å²) in [5.41, 5.74) is 6.52. The Morgan fingerprint density at radius 3 is 2.70 bits per heavy atom. The third-order valence-corrected chi connectivity index (χ3v) is 3.80. The van der Waals surface area contributed by atoms with Gasteiger partial charge in [-0.3, -0.25) is 4.79 Å². The monoisotopic (exact) mass is 388 g/mol. The number of likely N-dealkylation sites (tertiary alicyclic amines) is 1. The third kappa shape index (κ3) is 3.63. The Hall–Kier alpha value is -0.820. The minimum atomic E-state index is 0. The molecule has 3 rings (SSSR count). The zero-order valence-corrected chi connectivity index (χ0v) is 13.8. The molecule has 1 aromatic carbocycles. The van der Waals surface area contributed by atoms with Gasteiger partial charge in [-0.2, -0.15) is 0 Å². The van der Waals surface area contributed by atoms with Gasteiger partial charge in [0.1, 0.15) is 5.75 Å². The fraction of sp³-hybridized carbons (Fsp3) is 0.533. The molecular weight excluding hydrogens is 367 g/mol. The summed E-state index contributed by atoms with van der Waals surface area (Å²) in [7, 11) is 0. The van der Waals surface area contributed by atoms with Crippen molar-refractivity contribution >= 4 is 29.9 Å². The highest BCUT2D eigenvalue weighted by Crippen LogP contribution is 2.30. The van der Waals surface area contributed by atoms with Crippen molar-refractivity contribution in [2.75, 3.05) is 19.7 Å². The van der Waals surface area contributed by atoms with Crippen molar-refractivity contribution in [1.82, 2.24) is 4.90 Å². The number of carbonyl (C=O) groups is 1. The van der Waals surface area contributed by atoms with Crippen LogP contribution in [0.2, 0.25) is 0 Å². The summed E-state index contributed by atoms with van der Waals surface area (Å²) in [5, 5.41) is 0. The first-order valence-electron chi connectivity index (χ1n) is 7.00. The van der Waals surface area contributed by atoms with Crippen LogP contribution in [0.15, 0.2) is 24.3 Å². The zero-order chi connectivity index (χ0) is 13.2. The van der Waals surface area contributed by atoms with Crippen molar-refractivity contribution in [3.05, 3.63) is 29.8 Å². The fourth-order valence-electron chi connectivity index (χ4n) is 2.40. The molecule has 0 unspecified atom stereocenters. The van der Waals surface area contributed by atoms with Gasteiger partial charge in [-0.15, -0.1) is 24.0 Å². The predicted octanol–water partition coefficient (Wildman–Crippen LogP) is 2.27. The summed E-state index contributed by atoms with van der Waals surface area (Å²) >= 11 is 0. The third-order valence-electron chi connectivity index (χ3n) is 3.80. The Bertz CT molecular complexity index is 477. The topological polar surface area (TPSA) is 55.6 Å². The van der Waals surface area contributed by atoms with Crippen LogP contribution in [0, 0.1) is 5.92 Å². The number of para-hydroxylation sites is 1. The lowest BCUT2D eigenvalue weighted by Crippen LogP contribution is -2.32. The van der Waals surface area contributed by atoms with Crippen LogP contribution in [-0.2, 0) is 0 Å². The van der Waals surface area contributed by atoms with E-state index in [-0.39, 0.29) is 35.9 Å². The van der Waals surface area contributed by atoms with Crippen LogP contribution < -0.4 is 10.5 Å². The molecule has 1 saturated heterocycles. The number of carbonyl (C=O) groups excluding carboxylic acids is 1. The first-order chi connectivity index (χ1) is 9.24. The molecule has 0 radical (unpaired) electrons. The second-order valence-corrected chi connectivity index (χ2v) is 5.55. The largest absolute Gasteiger partial charge is 0.492 e. The predicted molar refractivity (Wildman–Crippen MR) is 88.6 cm³/mol. The number of hydrogen-bond acceptors (Lipinski definition) is 3. The molecule has 1 aliphatic carbocycles. The lowest BCUT2D eigenvalue weighted by Gasteiger charge is -2.18. The Labute approximate surface area is 136 Å². The van der Waals surface area contributed by atoms with E-state index in [4.69, 9.17) is 10.5 Å². The zero-order valence-electron chi connectivity index (χ0n) is 11.5. The molecule has 4 nitrogen and oxygen atoms in total. The molecule has 1 saturated carbocycles. The van der Waals surface area contributed by atoms with Gasteiger partial charge < -0.3 is 15.4 Å². The number of amides is 1. The number of halogens is 1. The number of nitrogens with zero attached hydrogens (tertiary/aromatic N) is 1. The minimum absolute atomic E-state index is 0. The molecule has 110 valence electrons. The maximum atomic E-state index is 12.5. The van der Waals surface area contributed by atoms with Crippen molar-refractivity contribution in [2.24, 2.45) is 11.7 Å². The van der Waals surface area contributed by atoms with Crippen LogP contribution >= 0.6 is 24.0 Å². The molecule has 1 aromatic rings. The SMILES string of the molecule is I.N[C@@H]1CCN(C(=O)c2ccccc2OCC2CC2)C1. The van der Waals surface area contributed by atoms with Crippen molar-refractivity contribution in [1.29, 1.82) is 0 Å². The molecule has 2 aliphatic rings. The molecule has 2 fully saturated rings. The van der Waals surface area contributed by atoms with E-state index in [9.17, 15) is 4.79 Å². The van der Waals surface area contributed by atoms with Gasteiger partial charge in [-0.1, -0.05) is 12.1 Å². The van der Waals surface area contributed by atoms with Crippen LogP contribution in [0.1, 0.15) is 29.6 Å². The number of benzene rings is 1. The van der Waals surface area contributed by atoms with E-state index < -0.39 is 0 Å². The lowest BCUT2D eigenvalue weighted by molar-refractivity contribution is 0.0786. The van der Waals surface area contributed by atoms with Crippen LogP contribution in [0.3, 0.4) is 0 Å². The summed E-state index contributed by atoms with van der Waals surface area (Å²) in [6, 6.07) is 7.63. The van der Waals surface area contributed by atoms with Crippen molar-refractivity contribution in [2.45, 2.75) is 25.3 Å². The molecular formula is C15H21IN2O2. The molecule has 5 heteroatoms. The molecule has 1 atom stereocenters. The van der Waals surface area contributed by atoms with Gasteiger partial charge >= 0.3 is 0 Å². The average molecular weight is 388 g/mol. The standard InChI is InChI=1S/C15H20N2O2.HI/c16-12-7-8-17(9-12)15(18)13-3-1-2-4-14(13)19-10-11-5-6-11;/h1-4,11-12H,5-10,16H2;1H/t12-;/m1./s1. The Morgan fingerprint density at radius 1 is 1.30 bits per heavy atom. The lowest BCUT2D eigenvalue weighted by atomic mass is 10.1. The maximum Gasteiger partial charge on any atom is 0.257 e. The van der Waals surface area contributed by atoms with Crippen molar-refractivity contribution in [3.8, 4) is 5.75 Å². The van der Waals surface area contributed by atoms with Crippen molar-refractivity contribution in [3.63, 3.8) is 0 Å². The van der Waals surface area contributed by atoms with Gasteiger partial charge in [0, 0.05) is 19.1 Å². The summed E-state index contributed by atoms with van der Waals surface area (Å²) in [5.74, 6) is 1.43. The van der Waals surface area contributed by atoms with Gasteiger partial charge in [0.15, 0.2) is 0 Å². The van der Waals surface area contributed by atoms with Gasteiger partial charge in [0.2, 0.25) is 0 Å². The number of hydrogen-bond donors (Lipinski definition) is 1. The van der Waals surface area contributed by atoms with Crippen LogP contribution in [-0.4, -0.2) is 36.5 Å². The fourth-order valence-corrected chi connectivity index (χ4v) is 2.40. The molecule has 1 aliphatic heterocycles. The second-order valence-electron chi connectivity index (χ2n) is 5.55. The summed E-state index contributed by atoms with van der Waals surface area (Å²) in [6.45, 7) is 2.12. The van der Waals surface area contributed by atoms with E-state index in [2.05, 4.69) is 0 Å². The van der Waals surface area contributed by atoms with E-state index >= 15 is 0 Å². The Morgan fingerprint density at radius 2 is 2.05 bits per heavy atom. The van der Waals surface area contributed by atoms with E-state index in [1.807, 2.05) is 29.2 Å². The number of ether oxygens (including phenoxy) is 1. The van der Waals surface area contributed by atoms with E-state index in [1.54, 1.807) is 0 Å². The van der Waals surface area contributed by atoms with Gasteiger partial charge in [0.05, 0.1) is 12.2 Å². The van der Waals surface area contributed by atoms with Gasteiger partial charge in [-0.25, -0.2) is 0 Å². The summed E-state index contributed by atoms with van der Waals surface area (Å²) < 4.78 is 5.79. The van der Waals surface area contributed by atoms with Gasteiger partial charge in [0.25, 0.3) is 5.91 Å². The molecule has 2 N–H and O–H groups in total. The van der Waals surface area contributed by atoms with Crippen LogP contribution in [0.4, 0.5) is 0 Å². The highest BCUT2D eigenvalue weighted by molar-refractivity contribution is 14.0. The van der Waals surface area contributed by atoms with E-state index in [0.717, 1.165) is 19.6 Å². The van der Waals surface area contributed by atoms with E-state index in [0.29, 0.717) is 23.8 Å². The minimum Gasteiger partial charge on any atom is -0.492 e. The van der Waals surface area contributed by atoms with Gasteiger partial charge in [-0.05, 0) is 37.3 Å². The first kappa shape index (κ1) is 15.6. The molecule has 1 amide bonds. The first-order valence-corrected chi connectivity index (χ1v) is 7.00. The number of nitrogens with two attached hydrogens (primary N) is 1. The van der Waals surface area contributed by atoms with Crippen LogP contribution in [0.25, 0.3) is 0 Å². The smallest absolute Gasteiger partial charge is 0.257 e. The highest BCUT2D eigenvalue weighted by Gasteiger charge is 2.27. The number of rotatable bonds is 4. The summed E-state index contributed by atoms with van der Waals surface area (Å²) in [4.78, 5) is 14.3. The summed E-state index contributed by atoms with van der Waals surface area (Å²) in [6.07, 6.45) is 3.38. The quantitative estimate of drug-likeness (QED) is 0.806. The highest BCUT2D eigenvalue weighted by atomic mass is 127. The molecule has 0 spiro atoms. The average Bonchev–Trinajstić information content (AvgIpc) is 3.16. The Kier molecular flexibility index (Phi) is 5.26. The normalized spacial score (nSPS) is 21.4. The molecule has 20 heavy (non-hydrogen) atoms. The van der Waals surface area contributed by atoms with E-state index in [1.165, 1.54) is 12.8 Å². The molecule has 1 heterocycles.